The lowest BCUT2D eigenvalue weighted by atomic mass is 10.1. The van der Waals surface area contributed by atoms with Crippen molar-refractivity contribution in [3.8, 4) is 38.0 Å². The van der Waals surface area contributed by atoms with Crippen molar-refractivity contribution in [2.24, 2.45) is 0 Å². The fourth-order valence-corrected chi connectivity index (χ4v) is 4.78. The molecule has 5 aromatic rings. The van der Waals surface area contributed by atoms with Gasteiger partial charge in [-0.15, -0.1) is 16.4 Å². The largest absolute Gasteiger partial charge is 0.481 e. The Morgan fingerprint density at radius 3 is 2.42 bits per heavy atom. The van der Waals surface area contributed by atoms with Gasteiger partial charge in [0.1, 0.15) is 5.01 Å². The molecule has 33 heavy (non-hydrogen) atoms. The molecular formula is C25H17ClN4O2S. The molecule has 1 N–H and O–H groups in total. The van der Waals surface area contributed by atoms with Gasteiger partial charge < -0.3 is 5.11 Å². The molecular weight excluding hydrogens is 456 g/mol. The summed E-state index contributed by atoms with van der Waals surface area (Å²) in [7, 11) is 0. The Kier molecular flexibility index (Phi) is 5.73. The van der Waals surface area contributed by atoms with Gasteiger partial charge in [0.05, 0.1) is 34.6 Å². The van der Waals surface area contributed by atoms with E-state index in [0.29, 0.717) is 10.7 Å². The van der Waals surface area contributed by atoms with Crippen molar-refractivity contribution < 1.29 is 9.90 Å². The van der Waals surface area contributed by atoms with Crippen molar-refractivity contribution in [2.75, 3.05) is 0 Å². The minimum atomic E-state index is -0.949. The van der Waals surface area contributed by atoms with Gasteiger partial charge in [-0.25, -0.2) is 9.67 Å². The van der Waals surface area contributed by atoms with Gasteiger partial charge in [0, 0.05) is 16.1 Å². The predicted octanol–water partition coefficient (Wildman–Crippen LogP) is 6.01. The van der Waals surface area contributed by atoms with Gasteiger partial charge in [-0.2, -0.15) is 0 Å². The number of nitrogens with zero attached hydrogens (tertiary/aromatic N) is 4. The highest BCUT2D eigenvalue weighted by atomic mass is 35.5. The van der Waals surface area contributed by atoms with Gasteiger partial charge in [-0.05, 0) is 29.8 Å². The van der Waals surface area contributed by atoms with Gasteiger partial charge in [0.2, 0.25) is 0 Å². The van der Waals surface area contributed by atoms with Crippen molar-refractivity contribution in [3.05, 3.63) is 95.8 Å². The molecule has 2 heterocycles. The third-order valence-electron chi connectivity index (χ3n) is 5.04. The highest BCUT2D eigenvalue weighted by molar-refractivity contribution is 7.19. The molecule has 0 aliphatic carbocycles. The molecule has 0 saturated heterocycles. The van der Waals surface area contributed by atoms with E-state index in [2.05, 4.69) is 22.4 Å². The van der Waals surface area contributed by atoms with Gasteiger partial charge in [-0.3, -0.25) is 4.79 Å². The smallest absolute Gasteiger partial charge is 0.309 e. The lowest BCUT2D eigenvalue weighted by Gasteiger charge is -2.06. The molecule has 0 atom stereocenters. The normalized spacial score (nSPS) is 10.9. The average molecular weight is 473 g/mol. The first-order valence-electron chi connectivity index (χ1n) is 10.1. The molecule has 0 aliphatic rings. The van der Waals surface area contributed by atoms with Crippen LogP contribution in [0.3, 0.4) is 0 Å². The van der Waals surface area contributed by atoms with Crippen LogP contribution in [0, 0.1) is 0 Å². The Balaban J connectivity index is 1.64. The summed E-state index contributed by atoms with van der Waals surface area (Å²) in [4.78, 5) is 17.1. The molecule has 2 aromatic heterocycles. The Morgan fingerprint density at radius 2 is 1.67 bits per heavy atom. The van der Waals surface area contributed by atoms with Crippen LogP contribution in [0.25, 0.3) is 38.0 Å². The summed E-state index contributed by atoms with van der Waals surface area (Å²) in [6, 6.07) is 25.5. The quantitative estimate of drug-likeness (QED) is 0.327. The first-order chi connectivity index (χ1) is 16.1. The van der Waals surface area contributed by atoms with E-state index < -0.39 is 5.97 Å². The molecule has 6 nitrogen and oxygen atoms in total. The molecule has 0 fully saturated rings. The molecule has 5 rings (SSSR count). The SMILES string of the molecule is O=C(O)Cc1cn(-c2ccccc2-c2nc(-c3ccc(Cl)cc3)c(-c3ccccc3)s2)nn1. The maximum atomic E-state index is 11.0. The molecule has 0 unspecified atom stereocenters. The number of thiazole rings is 1. The fourth-order valence-electron chi connectivity index (χ4n) is 3.53. The summed E-state index contributed by atoms with van der Waals surface area (Å²) >= 11 is 7.70. The molecule has 0 radical (unpaired) electrons. The lowest BCUT2D eigenvalue weighted by Crippen LogP contribution is -2.00. The number of rotatable bonds is 6. The van der Waals surface area contributed by atoms with Crippen LogP contribution in [-0.4, -0.2) is 31.1 Å². The van der Waals surface area contributed by atoms with E-state index >= 15 is 0 Å². The molecule has 162 valence electrons. The monoisotopic (exact) mass is 472 g/mol. The Hall–Kier alpha value is -3.81. The second-order valence-electron chi connectivity index (χ2n) is 7.31. The van der Waals surface area contributed by atoms with E-state index in [-0.39, 0.29) is 6.42 Å². The first-order valence-corrected chi connectivity index (χ1v) is 11.3. The van der Waals surface area contributed by atoms with Crippen molar-refractivity contribution in [1.82, 2.24) is 20.0 Å². The van der Waals surface area contributed by atoms with Crippen molar-refractivity contribution in [1.29, 1.82) is 0 Å². The van der Waals surface area contributed by atoms with Crippen LogP contribution in [0.4, 0.5) is 0 Å². The first kappa shape index (κ1) is 21.1. The van der Waals surface area contributed by atoms with E-state index in [1.807, 2.05) is 66.7 Å². The molecule has 3 aromatic carbocycles. The van der Waals surface area contributed by atoms with E-state index in [1.165, 1.54) is 0 Å². The number of halogens is 1. The summed E-state index contributed by atoms with van der Waals surface area (Å²) in [6.45, 7) is 0. The minimum absolute atomic E-state index is 0.182. The maximum Gasteiger partial charge on any atom is 0.309 e. The predicted molar refractivity (Wildman–Crippen MR) is 130 cm³/mol. The highest BCUT2D eigenvalue weighted by Crippen LogP contribution is 2.42. The second-order valence-corrected chi connectivity index (χ2v) is 8.75. The summed E-state index contributed by atoms with van der Waals surface area (Å²) in [5.74, 6) is -0.949. The van der Waals surface area contributed by atoms with E-state index in [0.717, 1.165) is 38.0 Å². The number of aromatic nitrogens is 4. The zero-order valence-corrected chi connectivity index (χ0v) is 18.8. The molecule has 8 heteroatoms. The maximum absolute atomic E-state index is 11.0. The number of aliphatic carboxylic acids is 1. The molecule has 0 amide bonds. The van der Waals surface area contributed by atoms with E-state index in [9.17, 15) is 4.79 Å². The highest BCUT2D eigenvalue weighted by Gasteiger charge is 2.19. The van der Waals surface area contributed by atoms with Crippen LogP contribution >= 0.6 is 22.9 Å². The van der Waals surface area contributed by atoms with Gasteiger partial charge in [0.25, 0.3) is 0 Å². The van der Waals surface area contributed by atoms with E-state index in [4.69, 9.17) is 21.7 Å². The summed E-state index contributed by atoms with van der Waals surface area (Å²) < 4.78 is 1.60. The number of carboxylic acids is 1. The number of hydrogen-bond donors (Lipinski definition) is 1. The number of benzene rings is 3. The third kappa shape index (κ3) is 4.41. The minimum Gasteiger partial charge on any atom is -0.481 e. The zero-order valence-electron chi connectivity index (χ0n) is 17.2. The fraction of sp³-hybridized carbons (Fsp3) is 0.0400. The number of hydrogen-bond acceptors (Lipinski definition) is 5. The lowest BCUT2D eigenvalue weighted by molar-refractivity contribution is -0.136. The standard InChI is InChI=1S/C25H17ClN4O2S/c26-18-12-10-16(11-13-18)23-24(17-6-2-1-3-7-17)33-25(27-23)20-8-4-5-9-21(20)30-15-19(28-29-30)14-22(31)32/h1-13,15H,14H2,(H,31,32). The number of carboxylic acid groups (broad SMARTS) is 1. The van der Waals surface area contributed by atoms with Crippen LogP contribution < -0.4 is 0 Å². The molecule has 0 saturated carbocycles. The number of para-hydroxylation sites is 1. The van der Waals surface area contributed by atoms with Crippen LogP contribution in [0.1, 0.15) is 5.69 Å². The van der Waals surface area contributed by atoms with Crippen LogP contribution in [0.5, 0.6) is 0 Å². The van der Waals surface area contributed by atoms with Gasteiger partial charge in [-0.1, -0.05) is 71.4 Å². The van der Waals surface area contributed by atoms with Gasteiger partial charge >= 0.3 is 5.97 Å². The average Bonchev–Trinajstić information content (AvgIpc) is 3.47. The van der Waals surface area contributed by atoms with Crippen LogP contribution in [-0.2, 0) is 11.2 Å². The Bertz CT molecular complexity index is 1430. The summed E-state index contributed by atoms with van der Waals surface area (Å²) in [6.07, 6.45) is 1.46. The Morgan fingerprint density at radius 1 is 0.939 bits per heavy atom. The molecule has 0 spiro atoms. The van der Waals surface area contributed by atoms with Crippen molar-refractivity contribution in [2.45, 2.75) is 6.42 Å². The van der Waals surface area contributed by atoms with Crippen LogP contribution in [0.2, 0.25) is 5.02 Å². The summed E-state index contributed by atoms with van der Waals surface area (Å²) in [5, 5.41) is 18.7. The molecule has 0 bridgehead atoms. The Labute approximate surface area is 198 Å². The van der Waals surface area contributed by atoms with Crippen molar-refractivity contribution in [3.63, 3.8) is 0 Å². The number of carbonyl (C=O) groups is 1. The van der Waals surface area contributed by atoms with E-state index in [1.54, 1.807) is 22.2 Å². The molecule has 0 aliphatic heterocycles. The van der Waals surface area contributed by atoms with Crippen molar-refractivity contribution >= 4 is 28.9 Å². The topological polar surface area (TPSA) is 80.9 Å². The summed E-state index contributed by atoms with van der Waals surface area (Å²) in [5.41, 5.74) is 4.97. The van der Waals surface area contributed by atoms with Gasteiger partial charge in [0.15, 0.2) is 0 Å². The third-order valence-corrected chi connectivity index (χ3v) is 6.42. The second kappa shape index (κ2) is 8.97. The van der Waals surface area contributed by atoms with Crippen LogP contribution in [0.15, 0.2) is 85.1 Å². The zero-order chi connectivity index (χ0) is 22.8.